The van der Waals surface area contributed by atoms with Crippen LogP contribution in [0.3, 0.4) is 0 Å². The van der Waals surface area contributed by atoms with Crippen LogP contribution in [0.25, 0.3) is 144 Å². The molecular formula is C108H76N4. The number of hydrogen-bond acceptors (Lipinski definition) is 2. The number of aromatic nitrogens is 2. The van der Waals surface area contributed by atoms with Crippen molar-refractivity contribution in [1.82, 2.24) is 9.13 Å². The van der Waals surface area contributed by atoms with Crippen LogP contribution < -0.4 is 9.80 Å². The molecule has 0 spiro atoms. The van der Waals surface area contributed by atoms with Gasteiger partial charge in [-0.25, -0.2) is 0 Å². The van der Waals surface area contributed by atoms with Crippen LogP contribution in [0.15, 0.2) is 461 Å². The lowest BCUT2D eigenvalue weighted by Gasteiger charge is -2.29. The molecule has 0 aliphatic carbocycles. The second-order valence-electron chi connectivity index (χ2n) is 26.7. The van der Waals surface area contributed by atoms with Crippen LogP contribution in [-0.4, -0.2) is 9.13 Å². The minimum atomic E-state index is -0.874. The van der Waals surface area contributed by atoms with E-state index in [0.717, 1.165) is 110 Å². The Morgan fingerprint density at radius 1 is 0.188 bits per heavy atom. The van der Waals surface area contributed by atoms with Crippen LogP contribution in [0.1, 0.15) is 28.8 Å². The molecule has 0 radical (unpaired) electrons. The Hall–Kier alpha value is -14.8. The largest absolute Gasteiger partial charge is 0.310 e. The topological polar surface area (TPSA) is 16.3 Å². The van der Waals surface area contributed by atoms with Crippen molar-refractivity contribution in [3.05, 3.63) is 461 Å². The molecule has 528 valence electrons. The summed E-state index contributed by atoms with van der Waals surface area (Å²) in [5.41, 5.74) is 12.5. The Labute approximate surface area is 683 Å². The van der Waals surface area contributed by atoms with E-state index in [4.69, 9.17) is 11.0 Å². The van der Waals surface area contributed by atoms with E-state index in [0.29, 0.717) is 22.3 Å². The number of anilines is 6. The zero-order valence-corrected chi connectivity index (χ0v) is 60.0. The normalized spacial score (nSPS) is 13.8. The average molecular weight is 1450 g/mol. The van der Waals surface area contributed by atoms with E-state index in [2.05, 4.69) is 100 Å². The van der Waals surface area contributed by atoms with Gasteiger partial charge in [-0.15, -0.1) is 0 Å². The Balaban J connectivity index is 0.000000175. The highest BCUT2D eigenvalue weighted by atomic mass is 15.2. The number of rotatable bonds is 16. The highest BCUT2D eigenvalue weighted by molar-refractivity contribution is 6.12. The minimum absolute atomic E-state index is 0.00503. The highest BCUT2D eigenvalue weighted by Crippen LogP contribution is 2.48. The first kappa shape index (κ1) is 48.5. The molecule has 2 heterocycles. The zero-order chi connectivity index (χ0) is 92.8. The van der Waals surface area contributed by atoms with Crippen LogP contribution in [-0.2, 0) is 0 Å². The second kappa shape index (κ2) is 30.4. The van der Waals surface area contributed by atoms with Gasteiger partial charge in [0, 0.05) is 66.8 Å². The van der Waals surface area contributed by atoms with Gasteiger partial charge in [-0.3, -0.25) is 0 Å². The maximum absolute atomic E-state index is 10.1. The fourth-order valence-electron chi connectivity index (χ4n) is 14.8. The molecule has 0 fully saturated rings. The van der Waals surface area contributed by atoms with Crippen LogP contribution in [0.2, 0.25) is 0 Å². The van der Waals surface area contributed by atoms with Crippen molar-refractivity contribution in [3.8, 4) is 100 Å². The zero-order valence-electron chi connectivity index (χ0n) is 81.0. The molecule has 20 aromatic rings. The summed E-state index contributed by atoms with van der Waals surface area (Å²) in [6.45, 7) is 0. The first-order chi connectivity index (χ1) is 64.3. The summed E-state index contributed by atoms with van der Waals surface area (Å²) >= 11 is 0. The molecule has 18 aromatic carbocycles. The number of hydrogen-bond donors (Lipinski definition) is 0. The Morgan fingerprint density at radius 2 is 0.536 bits per heavy atom. The molecule has 4 nitrogen and oxygen atoms in total. The molecule has 0 aliphatic heterocycles. The third-order valence-corrected chi connectivity index (χ3v) is 20.0. The van der Waals surface area contributed by atoms with Crippen molar-refractivity contribution in [2.24, 2.45) is 0 Å². The first-order valence-electron chi connectivity index (χ1n) is 47.2. The number of nitrogens with zero attached hydrogens (tertiary/aromatic N) is 4. The fourth-order valence-corrected chi connectivity index (χ4v) is 14.8. The van der Waals surface area contributed by atoms with Crippen molar-refractivity contribution in [1.29, 1.82) is 0 Å². The Bertz CT molecular complexity index is 7990. The third kappa shape index (κ3) is 13.4. The van der Waals surface area contributed by atoms with Crippen molar-refractivity contribution >= 4 is 77.7 Å². The van der Waals surface area contributed by atoms with E-state index in [9.17, 15) is 17.8 Å². The maximum Gasteiger partial charge on any atom is 0.0651 e. The fraction of sp³-hybridized carbons (Fsp3) is 0. The molecule has 0 amide bonds. The van der Waals surface area contributed by atoms with E-state index in [1.807, 2.05) is 211 Å². The molecule has 20 rings (SSSR count). The van der Waals surface area contributed by atoms with Crippen molar-refractivity contribution in [2.75, 3.05) is 9.80 Å². The molecule has 0 unspecified atom stereocenters. The van der Waals surface area contributed by atoms with Crippen LogP contribution in [0, 0.1) is 0 Å². The van der Waals surface area contributed by atoms with Gasteiger partial charge in [-0.2, -0.15) is 0 Å². The van der Waals surface area contributed by atoms with Gasteiger partial charge >= 0.3 is 0 Å². The number of para-hydroxylation sites is 4. The molecule has 0 saturated carbocycles. The third-order valence-electron chi connectivity index (χ3n) is 20.0. The quantitative estimate of drug-likeness (QED) is 0.0959. The van der Waals surface area contributed by atoms with Crippen molar-refractivity contribution in [2.45, 2.75) is 0 Å². The van der Waals surface area contributed by atoms with Crippen LogP contribution in [0.4, 0.5) is 34.1 Å². The van der Waals surface area contributed by atoms with E-state index < -0.39 is 136 Å². The monoisotopic (exact) mass is 1450 g/mol. The summed E-state index contributed by atoms with van der Waals surface area (Å²) in [6.07, 6.45) is 0. The van der Waals surface area contributed by atoms with Crippen LogP contribution in [0.5, 0.6) is 0 Å². The Kier molecular flexibility index (Phi) is 13.2. The standard InChI is InChI=1S/2C54H38N2/c2*1-5-16-39(17-6-1)41-28-32-47(33-29-41)55(53-34-30-44(40-18-7-2-8-19-40)37-50(53)42-20-9-3-10-21-42)48-25-15-22-43(36-48)45-31-35-54-51(38-45)49-26-13-14-27-52(49)56(54)46-23-11-4-12-24-46/h2*1-38H/i2D,3D,7D,8D,9D,10D,15D,18D,19D,20D,21D,22D,25D,30D,34D,36D,37D;15D,22D,25D,36D. The van der Waals surface area contributed by atoms with Gasteiger partial charge in [0.15, 0.2) is 0 Å². The lowest BCUT2D eigenvalue weighted by atomic mass is 9.95. The molecule has 0 N–H and O–H groups in total. The van der Waals surface area contributed by atoms with E-state index >= 15 is 0 Å². The predicted molar refractivity (Wildman–Crippen MR) is 474 cm³/mol. The lowest BCUT2D eigenvalue weighted by molar-refractivity contribution is 1.18. The van der Waals surface area contributed by atoms with Gasteiger partial charge in [-0.05, 0) is 211 Å². The van der Waals surface area contributed by atoms with E-state index in [-0.39, 0.29) is 41.1 Å². The Morgan fingerprint density at radius 3 is 1.01 bits per heavy atom. The van der Waals surface area contributed by atoms with E-state index in [1.54, 1.807) is 36.4 Å². The van der Waals surface area contributed by atoms with Gasteiger partial charge in [-0.1, -0.05) is 327 Å². The molecule has 0 aliphatic rings. The summed E-state index contributed by atoms with van der Waals surface area (Å²) < 4.78 is 198. The van der Waals surface area contributed by atoms with Gasteiger partial charge in [0.05, 0.1) is 62.2 Å². The second-order valence-corrected chi connectivity index (χ2v) is 26.7. The first-order valence-corrected chi connectivity index (χ1v) is 36.7. The molecule has 2 aromatic heterocycles. The van der Waals surface area contributed by atoms with Gasteiger partial charge in [0.25, 0.3) is 0 Å². The van der Waals surface area contributed by atoms with Gasteiger partial charge in [0.2, 0.25) is 0 Å². The van der Waals surface area contributed by atoms with Crippen molar-refractivity contribution < 1.29 is 28.8 Å². The molecule has 4 heteroatoms. The van der Waals surface area contributed by atoms with Crippen LogP contribution >= 0.6 is 0 Å². The molecule has 0 atom stereocenters. The highest BCUT2D eigenvalue weighted by Gasteiger charge is 2.24. The van der Waals surface area contributed by atoms with Crippen molar-refractivity contribution in [3.63, 3.8) is 0 Å². The average Bonchev–Trinajstić information content (AvgIpc) is 1.63. The minimum Gasteiger partial charge on any atom is -0.310 e. The number of benzene rings is 18. The molecule has 0 saturated heterocycles. The summed E-state index contributed by atoms with van der Waals surface area (Å²) in [6, 6.07) is 94.3. The van der Waals surface area contributed by atoms with Gasteiger partial charge in [0.1, 0.15) is 0 Å². The summed E-state index contributed by atoms with van der Waals surface area (Å²) in [7, 11) is 0. The maximum atomic E-state index is 10.1. The molecule has 0 bridgehead atoms. The summed E-state index contributed by atoms with van der Waals surface area (Å²) in [4.78, 5) is 3.08. The SMILES string of the molecule is [2H]c1c([2H])c(-c2ccc3c(c2)c2ccccc2n3-c2ccccc2)c([2H])c(N(c2ccc(-c3ccccc3)cc2)c2ccc(-c3ccccc3)cc2-c2ccccc2)c1[2H].[2H]c1c([2H])c([2H])c(-c2c([2H])c([2H])c(N(c3ccc(-c4ccccc4)cc3)c3c([2H])c([2H])c([2H])c(-c4ccc5c(c4)c4ccccc4n5-c4ccccc4)c3[2H])c(-c3c([2H])c([2H])c([2H])c([2H])c3[2H])c2[2H])c([2H])c1[2H]. The predicted octanol–water partition coefficient (Wildman–Crippen LogP) is 29.8. The summed E-state index contributed by atoms with van der Waals surface area (Å²) in [5, 5.41) is 3.61. The van der Waals surface area contributed by atoms with Gasteiger partial charge < -0.3 is 18.9 Å². The van der Waals surface area contributed by atoms with E-state index in [1.165, 1.54) is 0 Å². The molecule has 112 heavy (non-hydrogen) atoms. The molecular weight excluding hydrogens is 1350 g/mol. The smallest absolute Gasteiger partial charge is 0.0651 e. The number of fused-ring (bicyclic) bond motifs is 6. The lowest BCUT2D eigenvalue weighted by Crippen LogP contribution is -2.11. The summed E-state index contributed by atoms with van der Waals surface area (Å²) in [5.74, 6) is 0.